The summed E-state index contributed by atoms with van der Waals surface area (Å²) in [6, 6.07) is 5.26. The fraction of sp³-hybridized carbons (Fsp3) is 0.333. The van der Waals surface area contributed by atoms with Gasteiger partial charge in [0, 0.05) is 24.4 Å². The van der Waals surface area contributed by atoms with Crippen LogP contribution in [0.15, 0.2) is 24.3 Å². The van der Waals surface area contributed by atoms with Gasteiger partial charge in [-0.25, -0.2) is 8.78 Å². The fourth-order valence-corrected chi connectivity index (χ4v) is 1.01. The highest BCUT2D eigenvalue weighted by Crippen LogP contribution is 2.15. The Bertz CT molecular complexity index is 356. The number of halogens is 2. The summed E-state index contributed by atoms with van der Waals surface area (Å²) < 4.78 is 23.8. The largest absolute Gasteiger partial charge is 0.385 e. The summed E-state index contributed by atoms with van der Waals surface area (Å²) in [5.41, 5.74) is 0.352. The maximum absolute atomic E-state index is 11.9. The Morgan fingerprint density at radius 2 is 1.94 bits per heavy atom. The number of nitro benzene ring substituents is 1. The van der Waals surface area contributed by atoms with Gasteiger partial charge in [-0.15, -0.1) is 0 Å². The van der Waals surface area contributed by atoms with Crippen LogP contribution in [0.5, 0.6) is 0 Å². The predicted octanol–water partition coefficient (Wildman–Crippen LogP) is 1.63. The average molecular weight is 232 g/mol. The van der Waals surface area contributed by atoms with Gasteiger partial charge in [0.1, 0.15) is 6.10 Å². The number of nitrogens with zero attached hydrogens (tertiary/aromatic N) is 1. The van der Waals surface area contributed by atoms with Crippen LogP contribution in [-0.4, -0.2) is 29.1 Å². The van der Waals surface area contributed by atoms with Crippen molar-refractivity contribution >= 4 is 11.4 Å². The second-order valence-corrected chi connectivity index (χ2v) is 3.09. The quantitative estimate of drug-likeness (QED) is 0.597. The third-order valence-corrected chi connectivity index (χ3v) is 1.88. The number of hydrogen-bond acceptors (Lipinski definition) is 4. The highest BCUT2D eigenvalue weighted by molar-refractivity contribution is 5.48. The van der Waals surface area contributed by atoms with Crippen molar-refractivity contribution in [3.8, 4) is 0 Å². The second-order valence-electron chi connectivity index (χ2n) is 3.09. The molecule has 0 heterocycles. The third-order valence-electron chi connectivity index (χ3n) is 1.88. The molecule has 0 fully saturated rings. The first kappa shape index (κ1) is 12.3. The Hall–Kier alpha value is -1.76. The number of aliphatic hydroxyl groups is 1. The van der Waals surface area contributed by atoms with Crippen molar-refractivity contribution in [2.45, 2.75) is 12.5 Å². The maximum Gasteiger partial charge on any atom is 0.269 e. The van der Waals surface area contributed by atoms with E-state index in [0.29, 0.717) is 5.69 Å². The maximum atomic E-state index is 11.9. The molecule has 0 radical (unpaired) electrons. The average Bonchev–Trinajstić information content (AvgIpc) is 2.26. The lowest BCUT2D eigenvalue weighted by Gasteiger charge is -2.11. The fourth-order valence-electron chi connectivity index (χ4n) is 1.01. The van der Waals surface area contributed by atoms with Crippen LogP contribution in [0, 0.1) is 10.1 Å². The van der Waals surface area contributed by atoms with E-state index in [9.17, 15) is 18.9 Å². The molecule has 0 spiro atoms. The molecule has 1 aromatic rings. The van der Waals surface area contributed by atoms with E-state index < -0.39 is 17.5 Å². The van der Waals surface area contributed by atoms with E-state index in [1.54, 1.807) is 0 Å². The van der Waals surface area contributed by atoms with E-state index in [0.717, 1.165) is 0 Å². The molecule has 5 nitrogen and oxygen atoms in total. The zero-order valence-electron chi connectivity index (χ0n) is 8.14. The number of anilines is 1. The van der Waals surface area contributed by atoms with E-state index >= 15 is 0 Å². The molecule has 0 aliphatic carbocycles. The summed E-state index contributed by atoms with van der Waals surface area (Å²) in [6.45, 7) is -0.310. The van der Waals surface area contributed by atoms with Gasteiger partial charge in [-0.05, 0) is 12.1 Å². The first-order valence-corrected chi connectivity index (χ1v) is 4.45. The van der Waals surface area contributed by atoms with Crippen molar-refractivity contribution in [3.05, 3.63) is 34.4 Å². The lowest BCUT2D eigenvalue weighted by atomic mass is 10.2. The number of hydrogen-bond donors (Lipinski definition) is 2. The standard InChI is InChI=1S/C9H10F2N2O3/c10-9(11)8(14)5-12-6-1-3-7(4-2-6)13(15)16/h1-4,8-9,12,14H,5H2. The molecular weight excluding hydrogens is 222 g/mol. The van der Waals surface area contributed by atoms with Gasteiger partial charge in [0.25, 0.3) is 12.1 Å². The van der Waals surface area contributed by atoms with E-state index in [2.05, 4.69) is 5.32 Å². The molecule has 1 atom stereocenters. The van der Waals surface area contributed by atoms with Crippen LogP contribution in [0.25, 0.3) is 0 Å². The Labute approximate surface area is 89.9 Å². The lowest BCUT2D eigenvalue weighted by molar-refractivity contribution is -0.384. The van der Waals surface area contributed by atoms with E-state index in [1.165, 1.54) is 24.3 Å². The minimum absolute atomic E-state index is 0.0834. The number of non-ortho nitro benzene ring substituents is 1. The van der Waals surface area contributed by atoms with Crippen molar-refractivity contribution in [2.75, 3.05) is 11.9 Å². The molecule has 1 aromatic carbocycles. The zero-order chi connectivity index (χ0) is 12.1. The van der Waals surface area contributed by atoms with Gasteiger partial charge >= 0.3 is 0 Å². The molecule has 0 aromatic heterocycles. The molecule has 0 aliphatic heterocycles. The topological polar surface area (TPSA) is 75.4 Å². The van der Waals surface area contributed by atoms with Crippen LogP contribution in [0.1, 0.15) is 0 Å². The van der Waals surface area contributed by atoms with Crippen LogP contribution in [-0.2, 0) is 0 Å². The van der Waals surface area contributed by atoms with Crippen LogP contribution in [0.2, 0.25) is 0 Å². The number of nitro groups is 1. The van der Waals surface area contributed by atoms with E-state index in [-0.39, 0.29) is 12.2 Å². The van der Waals surface area contributed by atoms with E-state index in [4.69, 9.17) is 5.11 Å². The first-order valence-electron chi connectivity index (χ1n) is 4.45. The molecule has 16 heavy (non-hydrogen) atoms. The van der Waals surface area contributed by atoms with Crippen molar-refractivity contribution in [1.82, 2.24) is 0 Å². The molecule has 7 heteroatoms. The Morgan fingerprint density at radius 1 is 1.38 bits per heavy atom. The Balaban J connectivity index is 2.53. The number of benzene rings is 1. The van der Waals surface area contributed by atoms with Crippen LogP contribution in [0.4, 0.5) is 20.2 Å². The third kappa shape index (κ3) is 3.43. The van der Waals surface area contributed by atoms with Crippen molar-refractivity contribution in [1.29, 1.82) is 0 Å². The first-order chi connectivity index (χ1) is 7.50. The van der Waals surface area contributed by atoms with Crippen LogP contribution in [0.3, 0.4) is 0 Å². The van der Waals surface area contributed by atoms with Gasteiger partial charge in [-0.1, -0.05) is 0 Å². The van der Waals surface area contributed by atoms with Gasteiger partial charge in [0.05, 0.1) is 4.92 Å². The molecule has 0 bridgehead atoms. The van der Waals surface area contributed by atoms with Gasteiger partial charge in [0.2, 0.25) is 0 Å². The van der Waals surface area contributed by atoms with Gasteiger partial charge in [0.15, 0.2) is 0 Å². The Kier molecular flexibility index (Phi) is 4.12. The number of alkyl halides is 2. The predicted molar refractivity (Wildman–Crippen MR) is 53.6 cm³/mol. The summed E-state index contributed by atoms with van der Waals surface area (Å²) >= 11 is 0. The molecule has 0 saturated heterocycles. The monoisotopic (exact) mass is 232 g/mol. The minimum Gasteiger partial charge on any atom is -0.385 e. The number of rotatable bonds is 5. The molecule has 1 unspecified atom stereocenters. The molecule has 1 rings (SSSR count). The summed E-state index contributed by atoms with van der Waals surface area (Å²) in [6.07, 6.45) is -4.57. The van der Waals surface area contributed by atoms with E-state index in [1.807, 2.05) is 0 Å². The van der Waals surface area contributed by atoms with Crippen LogP contribution >= 0.6 is 0 Å². The molecular formula is C9H10F2N2O3. The van der Waals surface area contributed by atoms with Gasteiger partial charge in [-0.2, -0.15) is 0 Å². The molecule has 0 amide bonds. The number of aliphatic hydroxyl groups excluding tert-OH is 1. The summed E-state index contributed by atoms with van der Waals surface area (Å²) in [5.74, 6) is 0. The van der Waals surface area contributed by atoms with Gasteiger partial charge in [-0.3, -0.25) is 10.1 Å². The summed E-state index contributed by atoms with van der Waals surface area (Å²) in [5, 5.41) is 21.7. The highest BCUT2D eigenvalue weighted by Gasteiger charge is 2.16. The van der Waals surface area contributed by atoms with Crippen molar-refractivity contribution < 1.29 is 18.8 Å². The molecule has 88 valence electrons. The second kappa shape index (κ2) is 5.36. The van der Waals surface area contributed by atoms with Crippen molar-refractivity contribution in [3.63, 3.8) is 0 Å². The summed E-state index contributed by atoms with van der Waals surface area (Å²) in [4.78, 5) is 9.76. The Morgan fingerprint density at radius 3 is 2.38 bits per heavy atom. The van der Waals surface area contributed by atoms with Crippen molar-refractivity contribution in [2.24, 2.45) is 0 Å². The molecule has 0 saturated carbocycles. The van der Waals surface area contributed by atoms with Gasteiger partial charge < -0.3 is 10.4 Å². The molecule has 0 aliphatic rings. The minimum atomic E-state index is -2.81. The summed E-state index contributed by atoms with van der Waals surface area (Å²) in [7, 11) is 0. The zero-order valence-corrected chi connectivity index (χ0v) is 8.14. The highest BCUT2D eigenvalue weighted by atomic mass is 19.3. The van der Waals surface area contributed by atoms with Crippen LogP contribution < -0.4 is 5.32 Å². The smallest absolute Gasteiger partial charge is 0.269 e. The number of nitrogens with one attached hydrogen (secondary N) is 1. The molecule has 2 N–H and O–H groups in total. The SMILES string of the molecule is O=[N+]([O-])c1ccc(NCC(O)C(F)F)cc1. The lowest BCUT2D eigenvalue weighted by Crippen LogP contribution is -2.26. The normalized spacial score (nSPS) is 12.5.